The summed E-state index contributed by atoms with van der Waals surface area (Å²) in [4.78, 5) is 10.6. The molecule has 0 saturated carbocycles. The molecule has 0 aromatic heterocycles. The fourth-order valence-electron chi connectivity index (χ4n) is 1.12. The minimum absolute atomic E-state index is 0.579. The Labute approximate surface area is 88.7 Å². The van der Waals surface area contributed by atoms with Gasteiger partial charge in [0.2, 0.25) is 0 Å². The normalized spacial score (nSPS) is 11.1. The number of carbonyl (C=O) groups excluding carboxylic acids is 1. The molecule has 2 heteroatoms. The van der Waals surface area contributed by atoms with Gasteiger partial charge in [-0.3, -0.25) is 4.79 Å². The standard InChI is InChI=1S/C12H11ClO/c1-2-4-11(9-14)7-10-5-3-6-12(13)8-10/h2-3,5-9H,1,4H2/b11-7-. The van der Waals surface area contributed by atoms with Crippen molar-refractivity contribution in [2.45, 2.75) is 6.42 Å². The van der Waals surface area contributed by atoms with E-state index in [2.05, 4.69) is 6.58 Å². The third-order valence-corrected chi connectivity index (χ3v) is 1.97. The van der Waals surface area contributed by atoms with E-state index in [9.17, 15) is 4.79 Å². The van der Waals surface area contributed by atoms with E-state index in [0.29, 0.717) is 17.0 Å². The molecule has 0 aliphatic carbocycles. The molecule has 0 N–H and O–H groups in total. The molecule has 1 aromatic carbocycles. The van der Waals surface area contributed by atoms with Crippen molar-refractivity contribution in [2.24, 2.45) is 0 Å². The lowest BCUT2D eigenvalue weighted by Crippen LogP contribution is -1.82. The maximum atomic E-state index is 10.6. The lowest BCUT2D eigenvalue weighted by molar-refractivity contribution is -0.104. The van der Waals surface area contributed by atoms with Gasteiger partial charge in [-0.1, -0.05) is 29.8 Å². The van der Waals surface area contributed by atoms with Crippen LogP contribution in [0.5, 0.6) is 0 Å². The van der Waals surface area contributed by atoms with Crippen LogP contribution in [0.4, 0.5) is 0 Å². The van der Waals surface area contributed by atoms with Crippen LogP contribution in [0.3, 0.4) is 0 Å². The highest BCUT2D eigenvalue weighted by molar-refractivity contribution is 6.30. The van der Waals surface area contributed by atoms with Crippen LogP contribution in [0.1, 0.15) is 12.0 Å². The molecule has 0 heterocycles. The van der Waals surface area contributed by atoms with Crippen molar-refractivity contribution in [3.63, 3.8) is 0 Å². The number of halogens is 1. The largest absolute Gasteiger partial charge is 0.298 e. The highest BCUT2D eigenvalue weighted by atomic mass is 35.5. The number of rotatable bonds is 4. The molecular weight excluding hydrogens is 196 g/mol. The summed E-state index contributed by atoms with van der Waals surface area (Å²) in [6, 6.07) is 7.37. The Bertz CT molecular complexity index is 366. The quantitative estimate of drug-likeness (QED) is 0.419. The topological polar surface area (TPSA) is 17.1 Å². The van der Waals surface area contributed by atoms with E-state index in [1.165, 1.54) is 0 Å². The minimum atomic E-state index is 0.579. The lowest BCUT2D eigenvalue weighted by atomic mass is 10.1. The van der Waals surface area contributed by atoms with Crippen LogP contribution in [0.25, 0.3) is 6.08 Å². The molecule has 1 rings (SSSR count). The molecule has 0 saturated heterocycles. The number of hydrogen-bond donors (Lipinski definition) is 0. The van der Waals surface area contributed by atoms with E-state index >= 15 is 0 Å². The van der Waals surface area contributed by atoms with Crippen LogP contribution in [-0.4, -0.2) is 6.29 Å². The first-order chi connectivity index (χ1) is 6.76. The number of allylic oxidation sites excluding steroid dienone is 2. The van der Waals surface area contributed by atoms with Crippen LogP contribution in [0.2, 0.25) is 5.02 Å². The summed E-state index contributed by atoms with van der Waals surface area (Å²) in [5, 5.41) is 0.669. The van der Waals surface area contributed by atoms with Gasteiger partial charge in [0.25, 0.3) is 0 Å². The second-order valence-electron chi connectivity index (χ2n) is 2.88. The van der Waals surface area contributed by atoms with Crippen molar-refractivity contribution < 1.29 is 4.79 Å². The Morgan fingerprint density at radius 3 is 2.86 bits per heavy atom. The maximum Gasteiger partial charge on any atom is 0.146 e. The predicted octanol–water partition coefficient (Wildman–Crippen LogP) is 3.50. The van der Waals surface area contributed by atoms with Gasteiger partial charge in [0.15, 0.2) is 0 Å². The Hall–Kier alpha value is -1.34. The summed E-state index contributed by atoms with van der Waals surface area (Å²) in [7, 11) is 0. The van der Waals surface area contributed by atoms with E-state index in [-0.39, 0.29) is 0 Å². The molecule has 72 valence electrons. The van der Waals surface area contributed by atoms with E-state index in [4.69, 9.17) is 11.6 Å². The van der Waals surface area contributed by atoms with Gasteiger partial charge in [-0.05, 0) is 35.8 Å². The first kappa shape index (κ1) is 10.7. The average molecular weight is 207 g/mol. The van der Waals surface area contributed by atoms with Crippen LogP contribution >= 0.6 is 11.6 Å². The highest BCUT2D eigenvalue weighted by Gasteiger charge is 1.94. The zero-order valence-electron chi connectivity index (χ0n) is 7.74. The summed E-state index contributed by atoms with van der Waals surface area (Å²) in [6.45, 7) is 3.58. The van der Waals surface area contributed by atoms with Gasteiger partial charge in [-0.2, -0.15) is 0 Å². The summed E-state index contributed by atoms with van der Waals surface area (Å²) in [6.07, 6.45) is 4.92. The number of carbonyl (C=O) groups is 1. The van der Waals surface area contributed by atoms with Gasteiger partial charge in [-0.25, -0.2) is 0 Å². The van der Waals surface area contributed by atoms with Gasteiger partial charge in [0.1, 0.15) is 6.29 Å². The van der Waals surface area contributed by atoms with E-state index in [1.807, 2.05) is 18.2 Å². The zero-order valence-corrected chi connectivity index (χ0v) is 8.50. The first-order valence-electron chi connectivity index (χ1n) is 4.28. The molecule has 0 unspecified atom stereocenters. The van der Waals surface area contributed by atoms with Crippen LogP contribution < -0.4 is 0 Å². The molecule has 0 bridgehead atoms. The molecule has 0 fully saturated rings. The van der Waals surface area contributed by atoms with Crippen molar-refractivity contribution in [1.29, 1.82) is 0 Å². The van der Waals surface area contributed by atoms with E-state index in [1.54, 1.807) is 18.2 Å². The monoisotopic (exact) mass is 206 g/mol. The second kappa shape index (κ2) is 5.40. The van der Waals surface area contributed by atoms with Crippen molar-refractivity contribution >= 4 is 24.0 Å². The van der Waals surface area contributed by atoms with Crippen LogP contribution in [0, 0.1) is 0 Å². The van der Waals surface area contributed by atoms with Crippen molar-refractivity contribution in [3.05, 3.63) is 53.1 Å². The molecule has 14 heavy (non-hydrogen) atoms. The summed E-state index contributed by atoms with van der Waals surface area (Å²) >= 11 is 5.81. The third-order valence-electron chi connectivity index (χ3n) is 1.73. The zero-order chi connectivity index (χ0) is 10.4. The molecular formula is C12H11ClO. The fourth-order valence-corrected chi connectivity index (χ4v) is 1.32. The van der Waals surface area contributed by atoms with Gasteiger partial charge in [0, 0.05) is 5.02 Å². The van der Waals surface area contributed by atoms with Crippen LogP contribution in [-0.2, 0) is 4.79 Å². The van der Waals surface area contributed by atoms with Gasteiger partial charge in [-0.15, -0.1) is 6.58 Å². The van der Waals surface area contributed by atoms with Crippen LogP contribution in [0.15, 0.2) is 42.5 Å². The smallest absolute Gasteiger partial charge is 0.146 e. The number of benzene rings is 1. The van der Waals surface area contributed by atoms with Crippen molar-refractivity contribution in [3.8, 4) is 0 Å². The van der Waals surface area contributed by atoms with Crippen molar-refractivity contribution in [1.82, 2.24) is 0 Å². The minimum Gasteiger partial charge on any atom is -0.298 e. The third kappa shape index (κ3) is 3.19. The highest BCUT2D eigenvalue weighted by Crippen LogP contribution is 2.14. The Balaban J connectivity index is 2.93. The molecule has 0 aliphatic heterocycles. The first-order valence-corrected chi connectivity index (χ1v) is 4.66. The number of hydrogen-bond acceptors (Lipinski definition) is 1. The lowest BCUT2D eigenvalue weighted by Gasteiger charge is -1.97. The maximum absolute atomic E-state index is 10.6. The molecule has 0 radical (unpaired) electrons. The van der Waals surface area contributed by atoms with E-state index in [0.717, 1.165) is 11.8 Å². The molecule has 0 aliphatic rings. The van der Waals surface area contributed by atoms with Gasteiger partial charge < -0.3 is 0 Å². The van der Waals surface area contributed by atoms with Gasteiger partial charge >= 0.3 is 0 Å². The van der Waals surface area contributed by atoms with Crippen molar-refractivity contribution in [2.75, 3.05) is 0 Å². The summed E-state index contributed by atoms with van der Waals surface area (Å²) < 4.78 is 0. The molecule has 1 aromatic rings. The van der Waals surface area contributed by atoms with Gasteiger partial charge in [0.05, 0.1) is 0 Å². The Morgan fingerprint density at radius 1 is 1.50 bits per heavy atom. The fraction of sp³-hybridized carbons (Fsp3) is 0.0833. The molecule has 0 spiro atoms. The second-order valence-corrected chi connectivity index (χ2v) is 3.32. The molecule has 1 nitrogen and oxygen atoms in total. The average Bonchev–Trinajstić information content (AvgIpc) is 2.17. The molecule has 0 amide bonds. The Kier molecular flexibility index (Phi) is 4.14. The summed E-state index contributed by atoms with van der Waals surface area (Å²) in [5.41, 5.74) is 1.63. The molecule has 0 atom stereocenters. The van der Waals surface area contributed by atoms with E-state index < -0.39 is 0 Å². The Morgan fingerprint density at radius 2 is 2.29 bits per heavy atom. The summed E-state index contributed by atoms with van der Waals surface area (Å²) in [5.74, 6) is 0. The number of aldehydes is 1. The SMILES string of the molecule is C=CC/C(C=O)=C/c1cccc(Cl)c1. The predicted molar refractivity (Wildman–Crippen MR) is 60.3 cm³/mol.